The summed E-state index contributed by atoms with van der Waals surface area (Å²) in [6.07, 6.45) is -0.0367. The Hall–Kier alpha value is -2.63. The summed E-state index contributed by atoms with van der Waals surface area (Å²) in [6, 6.07) is 9.00. The fourth-order valence-corrected chi connectivity index (χ4v) is 1.87. The summed E-state index contributed by atoms with van der Waals surface area (Å²) in [5, 5.41) is 2.74. The number of rotatable bonds is 4. The first-order valence-corrected chi connectivity index (χ1v) is 6.18. The largest absolute Gasteiger partial charge is 0.352 e. The first-order valence-electron chi connectivity index (χ1n) is 6.18. The summed E-state index contributed by atoms with van der Waals surface area (Å²) >= 11 is 0. The van der Waals surface area contributed by atoms with Crippen LogP contribution in [0.5, 0.6) is 0 Å². The molecule has 0 spiro atoms. The molecule has 1 aromatic carbocycles. The topological polar surface area (TPSA) is 94.8 Å². The number of aryl methyl sites for hydroxylation is 1. The summed E-state index contributed by atoms with van der Waals surface area (Å²) in [6.45, 7) is 2.39. The van der Waals surface area contributed by atoms with Crippen molar-refractivity contribution in [2.75, 3.05) is 0 Å². The molecule has 0 bridgehead atoms. The zero-order chi connectivity index (χ0) is 14.5. The van der Waals surface area contributed by atoms with Gasteiger partial charge >= 0.3 is 5.69 Å². The van der Waals surface area contributed by atoms with E-state index in [0.717, 1.165) is 11.1 Å². The van der Waals surface area contributed by atoms with Crippen LogP contribution >= 0.6 is 0 Å². The summed E-state index contributed by atoms with van der Waals surface area (Å²) in [4.78, 5) is 38.4. The Morgan fingerprint density at radius 1 is 1.20 bits per heavy atom. The van der Waals surface area contributed by atoms with Gasteiger partial charge in [0.05, 0.1) is 6.42 Å². The van der Waals surface area contributed by atoms with E-state index in [1.165, 1.54) is 6.07 Å². The maximum Gasteiger partial charge on any atom is 0.325 e. The first-order chi connectivity index (χ1) is 9.52. The van der Waals surface area contributed by atoms with Crippen LogP contribution in [0.1, 0.15) is 16.8 Å². The maximum absolute atomic E-state index is 11.7. The molecule has 0 aliphatic rings. The van der Waals surface area contributed by atoms with Gasteiger partial charge in [0.2, 0.25) is 5.91 Å². The predicted octanol–water partition coefficient (Wildman–Crippen LogP) is 0.231. The van der Waals surface area contributed by atoms with Crippen LogP contribution in [0.3, 0.4) is 0 Å². The lowest BCUT2D eigenvalue weighted by molar-refractivity contribution is -0.120. The van der Waals surface area contributed by atoms with E-state index in [-0.39, 0.29) is 12.3 Å². The van der Waals surface area contributed by atoms with Crippen LogP contribution in [0.25, 0.3) is 0 Å². The van der Waals surface area contributed by atoms with Crippen molar-refractivity contribution in [1.29, 1.82) is 0 Å². The molecule has 2 rings (SSSR count). The molecule has 20 heavy (non-hydrogen) atoms. The van der Waals surface area contributed by atoms with Gasteiger partial charge in [-0.1, -0.05) is 29.8 Å². The molecule has 0 aliphatic carbocycles. The van der Waals surface area contributed by atoms with Gasteiger partial charge in [-0.25, -0.2) is 4.79 Å². The van der Waals surface area contributed by atoms with Crippen molar-refractivity contribution in [1.82, 2.24) is 15.3 Å². The molecule has 0 radical (unpaired) electrons. The highest BCUT2D eigenvalue weighted by Gasteiger charge is 2.05. The Balaban J connectivity index is 1.96. The minimum Gasteiger partial charge on any atom is -0.352 e. The normalized spacial score (nSPS) is 10.2. The number of carbonyl (C=O) groups is 1. The summed E-state index contributed by atoms with van der Waals surface area (Å²) in [5.41, 5.74) is 1.28. The number of aromatic nitrogens is 2. The fraction of sp³-hybridized carbons (Fsp3) is 0.214. The van der Waals surface area contributed by atoms with Crippen molar-refractivity contribution in [2.45, 2.75) is 19.9 Å². The number of carbonyl (C=O) groups excluding carboxylic acids is 1. The van der Waals surface area contributed by atoms with Gasteiger partial charge in [-0.15, -0.1) is 0 Å². The molecule has 6 nitrogen and oxygen atoms in total. The third-order valence-electron chi connectivity index (χ3n) is 2.74. The van der Waals surface area contributed by atoms with Crippen molar-refractivity contribution < 1.29 is 4.79 Å². The van der Waals surface area contributed by atoms with Crippen molar-refractivity contribution in [3.05, 3.63) is 68.0 Å². The second-order valence-corrected chi connectivity index (χ2v) is 4.56. The molecule has 2 aromatic rings. The second-order valence-electron chi connectivity index (χ2n) is 4.56. The van der Waals surface area contributed by atoms with Crippen LogP contribution in [0.2, 0.25) is 0 Å². The minimum atomic E-state index is -0.612. The lowest BCUT2D eigenvalue weighted by atomic mass is 10.1. The van der Waals surface area contributed by atoms with Gasteiger partial charge in [-0.05, 0) is 12.5 Å². The molecule has 0 atom stereocenters. The zero-order valence-electron chi connectivity index (χ0n) is 11.0. The van der Waals surface area contributed by atoms with E-state index in [2.05, 4.69) is 10.3 Å². The molecular formula is C14H15N3O3. The van der Waals surface area contributed by atoms with E-state index >= 15 is 0 Å². The van der Waals surface area contributed by atoms with Crippen molar-refractivity contribution >= 4 is 5.91 Å². The molecule has 0 unspecified atom stereocenters. The van der Waals surface area contributed by atoms with Gasteiger partial charge in [-0.2, -0.15) is 0 Å². The van der Waals surface area contributed by atoms with Gasteiger partial charge in [0.25, 0.3) is 5.56 Å². The van der Waals surface area contributed by atoms with Crippen molar-refractivity contribution in [3.63, 3.8) is 0 Å². The molecule has 3 N–H and O–H groups in total. The molecule has 0 fully saturated rings. The average Bonchev–Trinajstić information content (AvgIpc) is 2.35. The SMILES string of the molecule is Cc1cccc(CNC(=O)Cc2cc(=O)[nH]c(=O)[nH]2)c1. The van der Waals surface area contributed by atoms with Crippen LogP contribution in [0, 0.1) is 6.92 Å². The Morgan fingerprint density at radius 2 is 2.00 bits per heavy atom. The molecular weight excluding hydrogens is 258 g/mol. The Labute approximate surface area is 114 Å². The summed E-state index contributed by atoms with van der Waals surface area (Å²) in [5.74, 6) is -0.257. The molecule has 1 heterocycles. The van der Waals surface area contributed by atoms with E-state index in [1.807, 2.05) is 36.2 Å². The number of amides is 1. The Kier molecular flexibility index (Phi) is 4.14. The van der Waals surface area contributed by atoms with Crippen molar-refractivity contribution in [3.8, 4) is 0 Å². The van der Waals surface area contributed by atoms with Crippen LogP contribution in [-0.2, 0) is 17.8 Å². The number of nitrogens with one attached hydrogen (secondary N) is 3. The van der Waals surface area contributed by atoms with Crippen LogP contribution < -0.4 is 16.6 Å². The molecule has 0 saturated heterocycles. The third-order valence-corrected chi connectivity index (χ3v) is 2.74. The molecule has 1 aromatic heterocycles. The van der Waals surface area contributed by atoms with Crippen LogP contribution in [0.4, 0.5) is 0 Å². The van der Waals surface area contributed by atoms with Crippen molar-refractivity contribution in [2.24, 2.45) is 0 Å². The smallest absolute Gasteiger partial charge is 0.325 e. The third kappa shape index (κ3) is 3.94. The maximum atomic E-state index is 11.7. The van der Waals surface area contributed by atoms with E-state index in [1.54, 1.807) is 0 Å². The highest BCUT2D eigenvalue weighted by Crippen LogP contribution is 2.03. The van der Waals surface area contributed by atoms with E-state index < -0.39 is 11.2 Å². The first kappa shape index (κ1) is 13.8. The number of benzene rings is 1. The predicted molar refractivity (Wildman–Crippen MR) is 74.4 cm³/mol. The minimum absolute atomic E-state index is 0.0367. The quantitative estimate of drug-likeness (QED) is 0.744. The summed E-state index contributed by atoms with van der Waals surface area (Å²) in [7, 11) is 0. The van der Waals surface area contributed by atoms with Gasteiger partial charge in [0.1, 0.15) is 0 Å². The molecule has 1 amide bonds. The Bertz CT molecular complexity index is 702. The summed E-state index contributed by atoms with van der Waals surface area (Å²) < 4.78 is 0. The number of H-pyrrole nitrogens is 2. The molecule has 6 heteroatoms. The van der Waals surface area contributed by atoms with Gasteiger partial charge in [0.15, 0.2) is 0 Å². The van der Waals surface area contributed by atoms with E-state index in [9.17, 15) is 14.4 Å². The number of aromatic amines is 2. The van der Waals surface area contributed by atoms with Gasteiger partial charge in [-0.3, -0.25) is 14.6 Å². The monoisotopic (exact) mass is 273 g/mol. The lowest BCUT2D eigenvalue weighted by Gasteiger charge is -2.06. The molecule has 104 valence electrons. The van der Waals surface area contributed by atoms with Crippen LogP contribution in [0.15, 0.2) is 39.9 Å². The fourth-order valence-electron chi connectivity index (χ4n) is 1.87. The molecule has 0 saturated carbocycles. The highest BCUT2D eigenvalue weighted by molar-refractivity contribution is 5.78. The van der Waals surface area contributed by atoms with Gasteiger partial charge in [0, 0.05) is 18.3 Å². The van der Waals surface area contributed by atoms with Crippen LogP contribution in [-0.4, -0.2) is 15.9 Å². The highest BCUT2D eigenvalue weighted by atomic mass is 16.2. The van der Waals surface area contributed by atoms with E-state index in [0.29, 0.717) is 12.2 Å². The number of hydrogen-bond acceptors (Lipinski definition) is 3. The lowest BCUT2D eigenvalue weighted by Crippen LogP contribution is -2.28. The molecule has 0 aliphatic heterocycles. The number of hydrogen-bond donors (Lipinski definition) is 3. The second kappa shape index (κ2) is 6.01. The zero-order valence-corrected chi connectivity index (χ0v) is 11.0. The average molecular weight is 273 g/mol. The van der Waals surface area contributed by atoms with E-state index in [4.69, 9.17) is 0 Å². The van der Waals surface area contributed by atoms with Gasteiger partial charge < -0.3 is 10.3 Å². The Morgan fingerprint density at radius 3 is 2.70 bits per heavy atom. The standard InChI is InChI=1S/C14H15N3O3/c1-9-3-2-4-10(5-9)8-15-12(18)6-11-7-13(19)17-14(20)16-11/h2-5,7H,6,8H2,1H3,(H,15,18)(H2,16,17,19,20).